The van der Waals surface area contributed by atoms with Crippen molar-refractivity contribution in [3.8, 4) is 0 Å². The fourth-order valence-corrected chi connectivity index (χ4v) is 3.57. The quantitative estimate of drug-likeness (QED) is 0.695. The average Bonchev–Trinajstić information content (AvgIpc) is 2.67. The number of hydrogen-bond acceptors (Lipinski definition) is 3. The van der Waals surface area contributed by atoms with E-state index in [2.05, 4.69) is 24.3 Å². The van der Waals surface area contributed by atoms with Crippen LogP contribution in [0.2, 0.25) is 0 Å². The van der Waals surface area contributed by atoms with E-state index >= 15 is 0 Å². The predicted molar refractivity (Wildman–Crippen MR) is 105 cm³/mol. The second-order valence-corrected chi connectivity index (χ2v) is 6.98. The Bertz CT molecular complexity index is 889. The summed E-state index contributed by atoms with van der Waals surface area (Å²) >= 11 is 0. The fourth-order valence-electron chi connectivity index (χ4n) is 3.57. The zero-order valence-electron chi connectivity index (χ0n) is 14.9. The minimum atomic E-state index is -0.787. The van der Waals surface area contributed by atoms with Crippen molar-refractivity contribution in [2.75, 3.05) is 0 Å². The third-order valence-corrected chi connectivity index (χ3v) is 4.94. The van der Waals surface area contributed by atoms with Crippen LogP contribution in [0.15, 0.2) is 77.8 Å². The van der Waals surface area contributed by atoms with Crippen LogP contribution in [0.3, 0.4) is 0 Å². The van der Waals surface area contributed by atoms with Crippen molar-refractivity contribution in [1.29, 1.82) is 0 Å². The minimum Gasteiger partial charge on any atom is -0.385 e. The first kappa shape index (κ1) is 16.7. The first-order valence-electron chi connectivity index (χ1n) is 9.06. The SMILES string of the molecule is CC1(O)CCCc2nc(N=C(c3ccccc3)c3ccccc3)ccc21. The molecule has 1 aliphatic carbocycles. The second kappa shape index (κ2) is 6.85. The van der Waals surface area contributed by atoms with Gasteiger partial charge in [-0.2, -0.15) is 0 Å². The Morgan fingerprint density at radius 1 is 0.923 bits per heavy atom. The van der Waals surface area contributed by atoms with Crippen LogP contribution < -0.4 is 0 Å². The summed E-state index contributed by atoms with van der Waals surface area (Å²) in [6.45, 7) is 1.87. The summed E-state index contributed by atoms with van der Waals surface area (Å²) in [5, 5.41) is 10.6. The van der Waals surface area contributed by atoms with Crippen LogP contribution >= 0.6 is 0 Å². The van der Waals surface area contributed by atoms with Gasteiger partial charge >= 0.3 is 0 Å². The molecule has 0 spiro atoms. The Kier molecular flexibility index (Phi) is 4.39. The summed E-state index contributed by atoms with van der Waals surface area (Å²) in [5.41, 5.74) is 4.13. The highest BCUT2D eigenvalue weighted by Crippen LogP contribution is 2.35. The van der Waals surface area contributed by atoms with Gasteiger partial charge in [0.25, 0.3) is 0 Å². The molecule has 1 unspecified atom stereocenters. The molecule has 0 saturated heterocycles. The van der Waals surface area contributed by atoms with E-state index in [1.807, 2.05) is 55.5 Å². The van der Waals surface area contributed by atoms with Crippen molar-refractivity contribution < 1.29 is 5.11 Å². The molecule has 1 N–H and O–H groups in total. The van der Waals surface area contributed by atoms with Gasteiger partial charge in [0.1, 0.15) is 0 Å². The number of hydrogen-bond donors (Lipinski definition) is 1. The molecule has 0 amide bonds. The first-order chi connectivity index (χ1) is 12.6. The van der Waals surface area contributed by atoms with E-state index in [9.17, 15) is 5.11 Å². The monoisotopic (exact) mass is 342 g/mol. The van der Waals surface area contributed by atoms with Crippen LogP contribution in [0.25, 0.3) is 0 Å². The minimum absolute atomic E-state index is 0.684. The highest BCUT2D eigenvalue weighted by atomic mass is 16.3. The lowest BCUT2D eigenvalue weighted by Crippen LogP contribution is -2.27. The molecule has 26 heavy (non-hydrogen) atoms. The van der Waals surface area contributed by atoms with Gasteiger partial charge in [0, 0.05) is 22.4 Å². The molecule has 0 aliphatic heterocycles. The molecule has 3 nitrogen and oxygen atoms in total. The van der Waals surface area contributed by atoms with Crippen LogP contribution in [0, 0.1) is 0 Å². The van der Waals surface area contributed by atoms with E-state index in [-0.39, 0.29) is 0 Å². The van der Waals surface area contributed by atoms with Crippen molar-refractivity contribution in [3.05, 3.63) is 95.2 Å². The summed E-state index contributed by atoms with van der Waals surface area (Å²) in [6, 6.07) is 24.2. The molecule has 1 aromatic heterocycles. The van der Waals surface area contributed by atoms with Crippen LogP contribution in [0.1, 0.15) is 42.1 Å². The smallest absolute Gasteiger partial charge is 0.152 e. The Hall–Kier alpha value is -2.78. The number of aryl methyl sites for hydroxylation is 1. The predicted octanol–water partition coefficient (Wildman–Crippen LogP) is 4.79. The molecule has 4 rings (SSSR count). The van der Waals surface area contributed by atoms with Crippen molar-refractivity contribution >= 4 is 11.5 Å². The molecule has 1 heterocycles. The van der Waals surface area contributed by atoms with Gasteiger partial charge in [0.15, 0.2) is 5.82 Å². The molecular weight excluding hydrogens is 320 g/mol. The molecule has 3 aromatic rings. The van der Waals surface area contributed by atoms with Gasteiger partial charge < -0.3 is 5.11 Å². The Morgan fingerprint density at radius 3 is 2.15 bits per heavy atom. The standard InChI is InChI=1S/C23H22N2O/c1-23(26)16-8-13-20-19(23)14-15-21(24-20)25-22(17-9-4-2-5-10-17)18-11-6-3-7-12-18/h2-7,9-12,14-15,26H,8,13,16H2,1H3. The van der Waals surface area contributed by atoms with Crippen molar-refractivity contribution in [3.63, 3.8) is 0 Å². The maximum atomic E-state index is 10.6. The van der Waals surface area contributed by atoms with E-state index in [0.717, 1.165) is 47.4 Å². The Morgan fingerprint density at radius 2 is 1.54 bits per heavy atom. The third kappa shape index (κ3) is 3.31. The van der Waals surface area contributed by atoms with Crippen LogP contribution in [-0.2, 0) is 12.0 Å². The van der Waals surface area contributed by atoms with Gasteiger partial charge in [-0.1, -0.05) is 66.7 Å². The highest BCUT2D eigenvalue weighted by molar-refractivity contribution is 6.13. The van der Waals surface area contributed by atoms with Crippen LogP contribution in [-0.4, -0.2) is 15.8 Å². The van der Waals surface area contributed by atoms with Crippen molar-refractivity contribution in [2.24, 2.45) is 4.99 Å². The average molecular weight is 342 g/mol. The van der Waals surface area contributed by atoms with Gasteiger partial charge in [-0.15, -0.1) is 0 Å². The van der Waals surface area contributed by atoms with Gasteiger partial charge in [-0.05, 0) is 32.3 Å². The lowest BCUT2D eigenvalue weighted by Gasteiger charge is -2.30. The van der Waals surface area contributed by atoms with E-state index in [1.54, 1.807) is 0 Å². The highest BCUT2D eigenvalue weighted by Gasteiger charge is 2.30. The fraction of sp³-hybridized carbons (Fsp3) is 0.217. The first-order valence-corrected chi connectivity index (χ1v) is 9.06. The van der Waals surface area contributed by atoms with E-state index in [4.69, 9.17) is 9.98 Å². The number of aromatic nitrogens is 1. The number of rotatable bonds is 3. The molecule has 0 fully saturated rings. The Balaban J connectivity index is 1.81. The van der Waals surface area contributed by atoms with Gasteiger partial charge in [0.2, 0.25) is 0 Å². The van der Waals surface area contributed by atoms with Gasteiger partial charge in [-0.25, -0.2) is 9.98 Å². The Labute approximate surface area is 154 Å². The largest absolute Gasteiger partial charge is 0.385 e. The maximum Gasteiger partial charge on any atom is 0.152 e. The molecule has 3 heteroatoms. The number of aliphatic imine (C=N–C) groups is 1. The van der Waals surface area contributed by atoms with Crippen LogP contribution in [0.5, 0.6) is 0 Å². The number of fused-ring (bicyclic) bond motifs is 1. The molecular formula is C23H22N2O. The van der Waals surface area contributed by atoms with Crippen molar-refractivity contribution in [2.45, 2.75) is 31.8 Å². The normalized spacial score (nSPS) is 18.8. The zero-order valence-corrected chi connectivity index (χ0v) is 14.9. The number of pyridine rings is 1. The van der Waals surface area contributed by atoms with Gasteiger partial charge in [-0.3, -0.25) is 0 Å². The summed E-state index contributed by atoms with van der Waals surface area (Å²) in [5.74, 6) is 0.684. The topological polar surface area (TPSA) is 45.5 Å². The molecule has 2 aromatic carbocycles. The van der Waals surface area contributed by atoms with Gasteiger partial charge in [0.05, 0.1) is 11.3 Å². The molecule has 1 atom stereocenters. The number of nitrogens with zero attached hydrogens (tertiary/aromatic N) is 2. The molecule has 1 aliphatic rings. The molecule has 0 radical (unpaired) electrons. The van der Waals surface area contributed by atoms with Crippen molar-refractivity contribution in [1.82, 2.24) is 4.98 Å². The molecule has 130 valence electrons. The number of benzene rings is 2. The summed E-state index contributed by atoms with van der Waals surface area (Å²) in [4.78, 5) is 9.63. The summed E-state index contributed by atoms with van der Waals surface area (Å²) in [7, 11) is 0. The van der Waals surface area contributed by atoms with E-state index in [1.165, 1.54) is 0 Å². The molecule has 0 saturated carbocycles. The second-order valence-electron chi connectivity index (χ2n) is 6.98. The summed E-state index contributed by atoms with van der Waals surface area (Å²) < 4.78 is 0. The molecule has 0 bridgehead atoms. The lowest BCUT2D eigenvalue weighted by molar-refractivity contribution is 0.0379. The zero-order chi connectivity index (χ0) is 18.0. The van der Waals surface area contributed by atoms with Crippen LogP contribution in [0.4, 0.5) is 5.82 Å². The number of aliphatic hydroxyl groups is 1. The maximum absolute atomic E-state index is 10.6. The lowest BCUT2D eigenvalue weighted by atomic mass is 9.83. The third-order valence-electron chi connectivity index (χ3n) is 4.94. The van der Waals surface area contributed by atoms with E-state index in [0.29, 0.717) is 5.82 Å². The summed E-state index contributed by atoms with van der Waals surface area (Å²) in [6.07, 6.45) is 2.62. The van der Waals surface area contributed by atoms with E-state index < -0.39 is 5.60 Å².